The van der Waals surface area contributed by atoms with Gasteiger partial charge in [0.25, 0.3) is 0 Å². The minimum absolute atomic E-state index is 0. The summed E-state index contributed by atoms with van der Waals surface area (Å²) < 4.78 is 39.9. The number of rotatable bonds is 0. The summed E-state index contributed by atoms with van der Waals surface area (Å²) in [6.07, 6.45) is 0. The van der Waals surface area contributed by atoms with E-state index in [0.717, 1.165) is 0 Å². The predicted octanol–water partition coefficient (Wildman–Crippen LogP) is -2.07. The van der Waals surface area contributed by atoms with E-state index in [9.17, 15) is 0 Å². The second kappa shape index (κ2) is 8.20. The van der Waals surface area contributed by atoms with Crippen molar-refractivity contribution in [3.05, 3.63) is 0 Å². The molecule has 0 atom stereocenters. The Labute approximate surface area is 77.0 Å². The van der Waals surface area contributed by atoms with E-state index in [4.69, 9.17) is 21.3 Å². The summed E-state index contributed by atoms with van der Waals surface area (Å²) in [6.45, 7) is 0. The van der Waals surface area contributed by atoms with E-state index in [-0.39, 0.29) is 29.6 Å². The van der Waals surface area contributed by atoms with Gasteiger partial charge in [-0.2, -0.15) is 8.42 Å². The molecule has 8 heteroatoms. The Kier molecular flexibility index (Phi) is 16.5. The topological polar surface area (TPSA) is 91.7 Å². The van der Waals surface area contributed by atoms with Crippen LogP contribution in [-0.4, -0.2) is 63.3 Å². The van der Waals surface area contributed by atoms with E-state index >= 15 is 0 Å². The van der Waals surface area contributed by atoms with Gasteiger partial charge in [-0.05, 0) is 0 Å². The van der Waals surface area contributed by atoms with Crippen molar-refractivity contribution >= 4 is 56.2 Å². The third-order valence-electron chi connectivity index (χ3n) is 0. The third-order valence-corrected chi connectivity index (χ3v) is 0. The molecule has 0 aliphatic carbocycles. The van der Waals surface area contributed by atoms with Crippen molar-refractivity contribution in [1.82, 2.24) is 0 Å². The van der Waals surface area contributed by atoms with Crippen LogP contribution in [0.4, 0.5) is 0 Å². The van der Waals surface area contributed by atoms with Gasteiger partial charge in [0.2, 0.25) is 0 Å². The van der Waals surface area contributed by atoms with Crippen molar-refractivity contribution in [2.45, 2.75) is 0 Å². The second-order valence-electron chi connectivity index (χ2n) is 0.448. The molecule has 0 aliphatic heterocycles. The molecule has 0 bridgehead atoms. The summed E-state index contributed by atoms with van der Waals surface area (Å²) in [4.78, 5) is 0. The zero-order valence-electron chi connectivity index (χ0n) is 3.23. The molecule has 5 nitrogen and oxygen atoms in total. The molecule has 0 heterocycles. The van der Waals surface area contributed by atoms with E-state index in [0.29, 0.717) is 16.2 Å². The molecule has 0 aromatic carbocycles. The van der Waals surface area contributed by atoms with Crippen LogP contribution in [0.1, 0.15) is 0 Å². The van der Waals surface area contributed by atoms with Crippen LogP contribution in [0.25, 0.3) is 0 Å². The molecule has 0 saturated carbocycles. The van der Waals surface area contributed by atoms with Gasteiger partial charge in [-0.1, -0.05) is 0 Å². The number of hydrogen-bond donors (Lipinski definition) is 2. The first-order valence-electron chi connectivity index (χ1n) is 0.987. The Bertz CT molecular complexity index is 106. The summed E-state index contributed by atoms with van der Waals surface area (Å²) >= 11 is 0.611. The molecule has 2 N–H and O–H groups in total. The summed E-state index contributed by atoms with van der Waals surface area (Å²) in [5, 5.41) is 0. The normalized spacial score (nSPS) is 7.62. The van der Waals surface area contributed by atoms with Crippen molar-refractivity contribution in [1.29, 1.82) is 0 Å². The van der Waals surface area contributed by atoms with Gasteiger partial charge in [-0.3, -0.25) is 9.11 Å². The SMILES string of the molecule is O=S(=O)(O)O.[NaH].[O]=[AlH]. The van der Waals surface area contributed by atoms with E-state index in [1.165, 1.54) is 0 Å². The fraction of sp³-hybridized carbons (Fsp3) is 0. The Morgan fingerprint density at radius 1 is 1.12 bits per heavy atom. The summed E-state index contributed by atoms with van der Waals surface area (Å²) in [5.41, 5.74) is 0. The van der Waals surface area contributed by atoms with Crippen LogP contribution >= 0.6 is 0 Å². The zero-order valence-corrected chi connectivity index (χ0v) is 5.47. The quantitative estimate of drug-likeness (QED) is 0.318. The molecule has 0 aromatic rings. The van der Waals surface area contributed by atoms with Gasteiger partial charge in [-0.15, -0.1) is 0 Å². The van der Waals surface area contributed by atoms with Gasteiger partial charge >= 0.3 is 60.0 Å². The second-order valence-corrected chi connectivity index (χ2v) is 1.34. The zero-order chi connectivity index (χ0) is 6.50. The first-order valence-corrected chi connectivity index (χ1v) is 2.96. The van der Waals surface area contributed by atoms with Crippen molar-refractivity contribution < 1.29 is 21.3 Å². The Morgan fingerprint density at radius 3 is 1.12 bits per heavy atom. The molecular weight excluding hydrogens is 162 g/mol. The van der Waals surface area contributed by atoms with Gasteiger partial charge in [0.15, 0.2) is 0 Å². The molecule has 0 fully saturated rings. The van der Waals surface area contributed by atoms with Crippen LogP contribution in [0.2, 0.25) is 0 Å². The summed E-state index contributed by atoms with van der Waals surface area (Å²) in [7, 11) is -4.67. The summed E-state index contributed by atoms with van der Waals surface area (Å²) in [6, 6.07) is 0. The van der Waals surface area contributed by atoms with Crippen LogP contribution in [-0.2, 0) is 14.2 Å². The molecule has 0 aliphatic rings. The van der Waals surface area contributed by atoms with Crippen molar-refractivity contribution in [2.75, 3.05) is 0 Å². The fourth-order valence-corrected chi connectivity index (χ4v) is 0. The number of hydrogen-bond acceptors (Lipinski definition) is 3. The van der Waals surface area contributed by atoms with Crippen molar-refractivity contribution in [3.8, 4) is 0 Å². The van der Waals surface area contributed by atoms with Crippen LogP contribution in [0.5, 0.6) is 0 Å². The molecular formula is H4AlNaO5S. The van der Waals surface area contributed by atoms with Crippen LogP contribution in [0, 0.1) is 0 Å². The van der Waals surface area contributed by atoms with E-state index in [1.54, 1.807) is 0 Å². The average Bonchev–Trinajstić information content (AvgIpc) is 1.36. The molecule has 0 aromatic heterocycles. The molecule has 8 heavy (non-hydrogen) atoms. The van der Waals surface area contributed by atoms with Crippen molar-refractivity contribution in [2.24, 2.45) is 0 Å². The van der Waals surface area contributed by atoms with Gasteiger partial charge in [0, 0.05) is 0 Å². The molecule has 44 valence electrons. The standard InChI is InChI=1S/Al.Na.H2O4S.O.2H/c;;1-5(2,3)4;;;/h;;(H2,1,2,3,4);;;. The van der Waals surface area contributed by atoms with E-state index in [1.807, 2.05) is 0 Å². The minimum atomic E-state index is -4.67. The molecule has 0 radical (unpaired) electrons. The summed E-state index contributed by atoms with van der Waals surface area (Å²) in [5.74, 6) is 0. The first-order chi connectivity index (χ1) is 3.00. The fourth-order valence-electron chi connectivity index (χ4n) is 0. The van der Waals surface area contributed by atoms with Gasteiger partial charge in [0.05, 0.1) is 0 Å². The Balaban J connectivity index is -0.0000000750. The van der Waals surface area contributed by atoms with Crippen LogP contribution < -0.4 is 0 Å². The maximum absolute atomic E-state index is 8.74. The van der Waals surface area contributed by atoms with Gasteiger partial charge in [-0.25, -0.2) is 0 Å². The van der Waals surface area contributed by atoms with Crippen LogP contribution in [0.15, 0.2) is 0 Å². The Hall–Kier alpha value is 1.20. The molecule has 0 saturated heterocycles. The Morgan fingerprint density at radius 2 is 1.12 bits per heavy atom. The van der Waals surface area contributed by atoms with E-state index < -0.39 is 10.4 Å². The molecule has 0 rings (SSSR count). The van der Waals surface area contributed by atoms with E-state index in [2.05, 4.69) is 0 Å². The molecule has 0 spiro atoms. The average molecular weight is 166 g/mol. The van der Waals surface area contributed by atoms with Crippen LogP contribution in [0.3, 0.4) is 0 Å². The maximum atomic E-state index is 8.74. The molecule has 0 amide bonds. The molecule has 0 unspecified atom stereocenters. The first kappa shape index (κ1) is 16.1. The van der Waals surface area contributed by atoms with Gasteiger partial charge in [0.1, 0.15) is 0 Å². The van der Waals surface area contributed by atoms with Gasteiger partial charge < -0.3 is 0 Å². The monoisotopic (exact) mass is 166 g/mol. The van der Waals surface area contributed by atoms with Crippen molar-refractivity contribution in [3.63, 3.8) is 0 Å². The third kappa shape index (κ3) is 192. The predicted molar refractivity (Wildman–Crippen MR) is 29.2 cm³/mol.